The van der Waals surface area contributed by atoms with Crippen LogP contribution in [-0.4, -0.2) is 9.97 Å². The summed E-state index contributed by atoms with van der Waals surface area (Å²) >= 11 is 1.68. The Bertz CT molecular complexity index is 684. The van der Waals surface area contributed by atoms with Gasteiger partial charge in [-0.25, -0.2) is 9.97 Å². The average molecular weight is 298 g/mol. The van der Waals surface area contributed by atoms with Crippen LogP contribution < -0.4 is 5.32 Å². The summed E-state index contributed by atoms with van der Waals surface area (Å²) in [5.41, 5.74) is 4.04. The van der Waals surface area contributed by atoms with Crippen molar-refractivity contribution in [1.29, 1.82) is 5.26 Å². The molecule has 0 spiro atoms. The Balaban J connectivity index is 1.79. The number of fused-ring (bicyclic) bond motifs is 1. The van der Waals surface area contributed by atoms with Gasteiger partial charge >= 0.3 is 0 Å². The lowest BCUT2D eigenvalue weighted by Gasteiger charge is -2.17. The smallest absolute Gasteiger partial charge is 0.144 e. The van der Waals surface area contributed by atoms with Gasteiger partial charge < -0.3 is 5.32 Å². The van der Waals surface area contributed by atoms with Gasteiger partial charge in [0.2, 0.25) is 0 Å². The Morgan fingerprint density at radius 2 is 2.19 bits per heavy atom. The summed E-state index contributed by atoms with van der Waals surface area (Å²) in [6.45, 7) is 2.73. The Morgan fingerprint density at radius 1 is 1.33 bits per heavy atom. The van der Waals surface area contributed by atoms with Crippen LogP contribution in [0.15, 0.2) is 11.4 Å². The summed E-state index contributed by atoms with van der Waals surface area (Å²) in [6, 6.07) is 4.26. The predicted octanol–water partition coefficient (Wildman–Crippen LogP) is 3.46. The summed E-state index contributed by atoms with van der Waals surface area (Å²) in [5, 5.41) is 15.8. The van der Waals surface area contributed by atoms with Gasteiger partial charge in [-0.1, -0.05) is 6.92 Å². The molecule has 0 saturated carbocycles. The molecule has 0 fully saturated rings. The fourth-order valence-corrected chi connectivity index (χ4v) is 3.37. The highest BCUT2D eigenvalue weighted by atomic mass is 32.1. The SMILES string of the molecule is CCc1nc(CNc2nc3c(cc2C#N)CCCC3)cs1. The molecule has 0 amide bonds. The van der Waals surface area contributed by atoms with Gasteiger partial charge in [0.05, 0.1) is 22.8 Å². The third-order valence-corrected chi connectivity index (χ3v) is 4.80. The minimum absolute atomic E-state index is 0.622. The van der Waals surface area contributed by atoms with Crippen LogP contribution in [0.2, 0.25) is 0 Å². The van der Waals surface area contributed by atoms with Crippen molar-refractivity contribution >= 4 is 17.2 Å². The molecule has 0 bridgehead atoms. The maximum Gasteiger partial charge on any atom is 0.144 e. The Hall–Kier alpha value is -1.93. The second kappa shape index (κ2) is 6.23. The zero-order valence-corrected chi connectivity index (χ0v) is 13.0. The number of aryl methyl sites for hydroxylation is 3. The van der Waals surface area contributed by atoms with Crippen LogP contribution >= 0.6 is 11.3 Å². The minimum Gasteiger partial charge on any atom is -0.363 e. The molecule has 4 nitrogen and oxygen atoms in total. The summed E-state index contributed by atoms with van der Waals surface area (Å²) in [6.07, 6.45) is 5.42. The van der Waals surface area contributed by atoms with Gasteiger partial charge in [0.1, 0.15) is 11.9 Å². The fourth-order valence-electron chi connectivity index (χ4n) is 2.62. The molecule has 2 aromatic heterocycles. The van der Waals surface area contributed by atoms with E-state index in [1.807, 2.05) is 6.07 Å². The molecular weight excluding hydrogens is 280 g/mol. The molecule has 5 heteroatoms. The molecule has 2 aromatic rings. The first-order valence-corrected chi connectivity index (χ1v) is 8.28. The first kappa shape index (κ1) is 14.0. The predicted molar refractivity (Wildman–Crippen MR) is 84.4 cm³/mol. The van der Waals surface area contributed by atoms with Gasteiger partial charge in [-0.3, -0.25) is 0 Å². The number of rotatable bonds is 4. The summed E-state index contributed by atoms with van der Waals surface area (Å²) < 4.78 is 0. The highest BCUT2D eigenvalue weighted by Crippen LogP contribution is 2.24. The van der Waals surface area contributed by atoms with Gasteiger partial charge in [-0.05, 0) is 43.7 Å². The number of hydrogen-bond donors (Lipinski definition) is 1. The van der Waals surface area contributed by atoms with E-state index in [0.29, 0.717) is 17.9 Å². The fraction of sp³-hybridized carbons (Fsp3) is 0.438. The second-order valence-corrected chi connectivity index (χ2v) is 6.19. The zero-order valence-electron chi connectivity index (χ0n) is 12.1. The van der Waals surface area contributed by atoms with Crippen molar-refractivity contribution in [1.82, 2.24) is 9.97 Å². The van der Waals surface area contributed by atoms with E-state index in [1.54, 1.807) is 11.3 Å². The first-order chi connectivity index (χ1) is 10.3. The van der Waals surface area contributed by atoms with Crippen molar-refractivity contribution in [3.8, 4) is 6.07 Å². The van der Waals surface area contributed by atoms with Crippen LogP contribution in [0.4, 0.5) is 5.82 Å². The van der Waals surface area contributed by atoms with E-state index in [0.717, 1.165) is 35.7 Å². The van der Waals surface area contributed by atoms with Crippen molar-refractivity contribution < 1.29 is 0 Å². The standard InChI is InChI=1S/C16H18N4S/c1-2-15-19-13(10-21-15)9-18-16-12(8-17)7-11-5-3-4-6-14(11)20-16/h7,10H,2-6,9H2,1H3,(H,18,20). The molecule has 1 aliphatic rings. The monoisotopic (exact) mass is 298 g/mol. The maximum absolute atomic E-state index is 9.32. The number of anilines is 1. The third kappa shape index (κ3) is 3.06. The quantitative estimate of drug-likeness (QED) is 0.939. The highest BCUT2D eigenvalue weighted by molar-refractivity contribution is 7.09. The van der Waals surface area contributed by atoms with E-state index in [2.05, 4.69) is 33.7 Å². The molecule has 1 N–H and O–H groups in total. The van der Waals surface area contributed by atoms with Crippen LogP contribution in [0.5, 0.6) is 0 Å². The lowest BCUT2D eigenvalue weighted by atomic mass is 9.95. The lowest BCUT2D eigenvalue weighted by molar-refractivity contribution is 0.668. The molecule has 2 heterocycles. The molecule has 108 valence electrons. The molecule has 0 aromatic carbocycles. The van der Waals surface area contributed by atoms with E-state index in [4.69, 9.17) is 0 Å². The molecule has 3 rings (SSSR count). The molecular formula is C16H18N4S. The molecule has 1 aliphatic carbocycles. The third-order valence-electron chi connectivity index (χ3n) is 3.76. The lowest BCUT2D eigenvalue weighted by Crippen LogP contribution is -2.11. The van der Waals surface area contributed by atoms with E-state index >= 15 is 0 Å². The molecule has 0 atom stereocenters. The minimum atomic E-state index is 0.622. The molecule has 0 aliphatic heterocycles. The van der Waals surface area contributed by atoms with Gasteiger partial charge in [0, 0.05) is 11.1 Å². The number of pyridine rings is 1. The van der Waals surface area contributed by atoms with Crippen molar-refractivity contribution in [2.75, 3.05) is 5.32 Å². The topological polar surface area (TPSA) is 61.6 Å². The van der Waals surface area contributed by atoms with E-state index < -0.39 is 0 Å². The Kier molecular flexibility index (Phi) is 4.16. The van der Waals surface area contributed by atoms with E-state index in [9.17, 15) is 5.26 Å². The number of nitrogens with one attached hydrogen (secondary N) is 1. The highest BCUT2D eigenvalue weighted by Gasteiger charge is 2.15. The number of nitriles is 1. The normalized spacial score (nSPS) is 13.5. The number of aromatic nitrogens is 2. The van der Waals surface area contributed by atoms with Gasteiger partial charge in [-0.15, -0.1) is 11.3 Å². The average Bonchev–Trinajstić information content (AvgIpc) is 3.00. The number of nitrogens with zero attached hydrogens (tertiary/aromatic N) is 3. The van der Waals surface area contributed by atoms with Crippen LogP contribution in [-0.2, 0) is 25.8 Å². The maximum atomic E-state index is 9.32. The first-order valence-electron chi connectivity index (χ1n) is 7.40. The molecule has 0 saturated heterocycles. The van der Waals surface area contributed by atoms with Gasteiger partial charge in [-0.2, -0.15) is 5.26 Å². The van der Waals surface area contributed by atoms with Crippen molar-refractivity contribution in [2.24, 2.45) is 0 Å². The van der Waals surface area contributed by atoms with Crippen LogP contribution in [0.1, 0.15) is 47.3 Å². The van der Waals surface area contributed by atoms with E-state index in [-0.39, 0.29) is 0 Å². The van der Waals surface area contributed by atoms with Crippen LogP contribution in [0.25, 0.3) is 0 Å². The van der Waals surface area contributed by atoms with Gasteiger partial charge in [0.25, 0.3) is 0 Å². The Morgan fingerprint density at radius 3 is 2.95 bits per heavy atom. The summed E-state index contributed by atoms with van der Waals surface area (Å²) in [5.74, 6) is 0.698. The summed E-state index contributed by atoms with van der Waals surface area (Å²) in [4.78, 5) is 9.20. The zero-order chi connectivity index (χ0) is 14.7. The second-order valence-electron chi connectivity index (χ2n) is 5.25. The molecule has 21 heavy (non-hydrogen) atoms. The molecule has 0 radical (unpaired) electrons. The molecule has 0 unspecified atom stereocenters. The van der Waals surface area contributed by atoms with Crippen LogP contribution in [0.3, 0.4) is 0 Å². The van der Waals surface area contributed by atoms with Crippen molar-refractivity contribution in [3.05, 3.63) is 39.0 Å². The van der Waals surface area contributed by atoms with Crippen molar-refractivity contribution in [3.63, 3.8) is 0 Å². The number of thiazole rings is 1. The van der Waals surface area contributed by atoms with Crippen molar-refractivity contribution in [2.45, 2.75) is 45.6 Å². The largest absolute Gasteiger partial charge is 0.363 e. The van der Waals surface area contributed by atoms with E-state index in [1.165, 1.54) is 18.4 Å². The summed E-state index contributed by atoms with van der Waals surface area (Å²) in [7, 11) is 0. The van der Waals surface area contributed by atoms with Crippen LogP contribution in [0, 0.1) is 11.3 Å². The van der Waals surface area contributed by atoms with Gasteiger partial charge in [0.15, 0.2) is 0 Å². The number of hydrogen-bond acceptors (Lipinski definition) is 5. The Labute approximate surface area is 128 Å².